The fourth-order valence-corrected chi connectivity index (χ4v) is 5.59. The van der Waals surface area contributed by atoms with Gasteiger partial charge in [-0.05, 0) is 31.4 Å². The molecule has 0 radical (unpaired) electrons. The van der Waals surface area contributed by atoms with Crippen molar-refractivity contribution in [3.8, 4) is 0 Å². The van der Waals surface area contributed by atoms with Crippen LogP contribution in [0.1, 0.15) is 42.3 Å². The smallest absolute Gasteiger partial charge is 0.417 e. The van der Waals surface area contributed by atoms with Gasteiger partial charge in [0.25, 0.3) is 10.0 Å². The third-order valence-corrected chi connectivity index (χ3v) is 7.66. The van der Waals surface area contributed by atoms with E-state index in [4.69, 9.17) is 4.42 Å². The second-order valence-electron chi connectivity index (χ2n) is 5.70. The maximum absolute atomic E-state index is 12.6. The van der Waals surface area contributed by atoms with E-state index in [2.05, 4.69) is 10.2 Å². The molecule has 3 rings (SSSR count). The molecule has 0 amide bonds. The van der Waals surface area contributed by atoms with Crippen LogP contribution in [0.15, 0.2) is 20.8 Å². The molecule has 1 aliphatic rings. The highest BCUT2D eigenvalue weighted by Gasteiger charge is 2.40. The lowest BCUT2D eigenvalue weighted by molar-refractivity contribution is -0.157. The molecule has 1 saturated heterocycles. The van der Waals surface area contributed by atoms with Gasteiger partial charge in [-0.15, -0.1) is 21.5 Å². The summed E-state index contributed by atoms with van der Waals surface area (Å²) in [6.07, 6.45) is -3.23. The Hall–Kier alpha value is -1.46. The monoisotopic (exact) mass is 395 g/mol. The molecular formula is C14H16F3N3O3S2. The normalized spacial score (nSPS) is 17.9. The topological polar surface area (TPSA) is 76.3 Å². The number of hydrogen-bond donors (Lipinski definition) is 0. The van der Waals surface area contributed by atoms with E-state index in [1.165, 1.54) is 15.6 Å². The number of thiophene rings is 1. The van der Waals surface area contributed by atoms with Crippen LogP contribution in [0.2, 0.25) is 0 Å². The van der Waals surface area contributed by atoms with Gasteiger partial charge in [-0.1, -0.05) is 6.92 Å². The molecule has 11 heteroatoms. The van der Waals surface area contributed by atoms with Crippen molar-refractivity contribution in [1.29, 1.82) is 0 Å². The molecule has 0 N–H and O–H groups in total. The lowest BCUT2D eigenvalue weighted by atomic mass is 9.98. The molecule has 1 fully saturated rings. The molecule has 0 saturated carbocycles. The Morgan fingerprint density at radius 3 is 2.48 bits per heavy atom. The number of hydrogen-bond acceptors (Lipinski definition) is 6. The minimum Gasteiger partial charge on any atom is -0.417 e. The number of halogens is 3. The van der Waals surface area contributed by atoms with Crippen molar-refractivity contribution < 1.29 is 26.0 Å². The lowest BCUT2D eigenvalue weighted by Gasteiger charge is -2.29. The summed E-state index contributed by atoms with van der Waals surface area (Å²) in [5.74, 6) is -1.83. The highest BCUT2D eigenvalue weighted by molar-refractivity contribution is 7.91. The Labute approximate surface area is 146 Å². The van der Waals surface area contributed by atoms with Crippen molar-refractivity contribution >= 4 is 21.4 Å². The number of piperidine rings is 1. The van der Waals surface area contributed by atoms with Gasteiger partial charge in [0.05, 0.1) is 0 Å². The summed E-state index contributed by atoms with van der Waals surface area (Å²) in [5, 5.41) is 6.48. The predicted octanol–water partition coefficient (Wildman–Crippen LogP) is 3.28. The SMILES string of the molecule is CCc1ccc(S(=O)(=O)N2CCC(c3nnc(C(F)(F)F)o3)CC2)s1. The zero-order chi connectivity index (χ0) is 18.2. The first-order chi connectivity index (χ1) is 11.7. The number of aromatic nitrogens is 2. The molecule has 0 aromatic carbocycles. The first-order valence-electron chi connectivity index (χ1n) is 7.71. The van der Waals surface area contributed by atoms with Crippen LogP contribution in [0.5, 0.6) is 0 Å². The van der Waals surface area contributed by atoms with E-state index >= 15 is 0 Å². The van der Waals surface area contributed by atoms with Crippen molar-refractivity contribution in [3.05, 3.63) is 28.8 Å². The summed E-state index contributed by atoms with van der Waals surface area (Å²) in [7, 11) is -3.57. The van der Waals surface area contributed by atoms with Crippen LogP contribution in [0, 0.1) is 0 Å². The van der Waals surface area contributed by atoms with E-state index in [1.807, 2.05) is 6.92 Å². The summed E-state index contributed by atoms with van der Waals surface area (Å²) < 4.78 is 69.2. The Bertz CT molecular complexity index is 837. The molecule has 2 aromatic heterocycles. The second-order valence-corrected chi connectivity index (χ2v) is 9.03. The number of rotatable bonds is 4. The molecule has 1 aliphatic heterocycles. The number of nitrogens with zero attached hydrogens (tertiary/aromatic N) is 3. The van der Waals surface area contributed by atoms with Gasteiger partial charge in [0.2, 0.25) is 5.89 Å². The molecular weight excluding hydrogens is 379 g/mol. The lowest BCUT2D eigenvalue weighted by Crippen LogP contribution is -2.37. The molecule has 6 nitrogen and oxygen atoms in total. The fraction of sp³-hybridized carbons (Fsp3) is 0.571. The minimum absolute atomic E-state index is 0.0891. The summed E-state index contributed by atoms with van der Waals surface area (Å²) >= 11 is 1.24. The molecule has 0 aliphatic carbocycles. The van der Waals surface area contributed by atoms with Crippen LogP contribution >= 0.6 is 11.3 Å². The Balaban J connectivity index is 1.68. The summed E-state index contributed by atoms with van der Waals surface area (Å²) in [6.45, 7) is 2.36. The molecule has 3 heterocycles. The van der Waals surface area contributed by atoms with Crippen LogP contribution in [0.25, 0.3) is 0 Å². The first-order valence-corrected chi connectivity index (χ1v) is 9.97. The number of aryl methyl sites for hydroxylation is 1. The van der Waals surface area contributed by atoms with Gasteiger partial charge in [0.1, 0.15) is 4.21 Å². The Morgan fingerprint density at radius 2 is 1.96 bits per heavy atom. The summed E-state index contributed by atoms with van der Waals surface area (Å²) in [5.41, 5.74) is 0. The van der Waals surface area contributed by atoms with Crippen molar-refractivity contribution in [2.75, 3.05) is 13.1 Å². The van der Waals surface area contributed by atoms with E-state index in [1.54, 1.807) is 12.1 Å². The predicted molar refractivity (Wildman–Crippen MR) is 83.7 cm³/mol. The van der Waals surface area contributed by atoms with Gasteiger partial charge in [-0.25, -0.2) is 8.42 Å². The van der Waals surface area contributed by atoms with E-state index in [0.29, 0.717) is 17.1 Å². The molecule has 0 spiro atoms. The zero-order valence-corrected chi connectivity index (χ0v) is 14.9. The highest BCUT2D eigenvalue weighted by atomic mass is 32.2. The summed E-state index contributed by atoms with van der Waals surface area (Å²) in [4.78, 5) is 0.985. The second kappa shape index (κ2) is 6.69. The molecule has 2 aromatic rings. The third kappa shape index (κ3) is 3.72. The van der Waals surface area contributed by atoms with E-state index in [9.17, 15) is 21.6 Å². The van der Waals surface area contributed by atoms with E-state index < -0.39 is 22.1 Å². The largest absolute Gasteiger partial charge is 0.470 e. The van der Waals surface area contributed by atoms with Gasteiger partial charge < -0.3 is 4.42 Å². The van der Waals surface area contributed by atoms with Crippen LogP contribution in [0.4, 0.5) is 13.2 Å². The van der Waals surface area contributed by atoms with Crippen molar-refractivity contribution in [2.24, 2.45) is 0 Å². The van der Waals surface area contributed by atoms with Gasteiger partial charge in [-0.2, -0.15) is 17.5 Å². The van der Waals surface area contributed by atoms with E-state index in [-0.39, 0.29) is 24.9 Å². The quantitative estimate of drug-likeness (QED) is 0.794. The molecule has 0 unspecified atom stereocenters. The Morgan fingerprint density at radius 1 is 1.28 bits per heavy atom. The third-order valence-electron chi connectivity index (χ3n) is 4.07. The molecule has 138 valence electrons. The maximum atomic E-state index is 12.6. The average molecular weight is 395 g/mol. The van der Waals surface area contributed by atoms with Crippen LogP contribution < -0.4 is 0 Å². The first kappa shape index (κ1) is 18.3. The molecule has 0 atom stereocenters. The van der Waals surface area contributed by atoms with Crippen LogP contribution in [-0.2, 0) is 22.6 Å². The van der Waals surface area contributed by atoms with Gasteiger partial charge in [0.15, 0.2) is 0 Å². The number of alkyl halides is 3. The highest BCUT2D eigenvalue weighted by Crippen LogP contribution is 2.34. The average Bonchev–Trinajstić information content (AvgIpc) is 3.24. The van der Waals surface area contributed by atoms with Crippen molar-refractivity contribution in [3.63, 3.8) is 0 Å². The van der Waals surface area contributed by atoms with E-state index in [0.717, 1.165) is 11.3 Å². The van der Waals surface area contributed by atoms with Gasteiger partial charge in [-0.3, -0.25) is 0 Å². The fourth-order valence-electron chi connectivity index (χ4n) is 2.67. The number of sulfonamides is 1. The van der Waals surface area contributed by atoms with Gasteiger partial charge >= 0.3 is 12.1 Å². The standard InChI is InChI=1S/C14H16F3N3O3S2/c1-2-10-3-4-11(24-10)25(21,22)20-7-5-9(6-8-20)12-18-19-13(23-12)14(15,16)17/h3-4,9H,2,5-8H2,1H3. The Kier molecular flexibility index (Phi) is 4.91. The van der Waals surface area contributed by atoms with Gasteiger partial charge in [0, 0.05) is 23.9 Å². The molecule has 25 heavy (non-hydrogen) atoms. The molecule has 0 bridgehead atoms. The van der Waals surface area contributed by atoms with Crippen LogP contribution in [-0.4, -0.2) is 36.0 Å². The zero-order valence-electron chi connectivity index (χ0n) is 13.3. The summed E-state index contributed by atoms with van der Waals surface area (Å²) in [6, 6.07) is 3.39. The maximum Gasteiger partial charge on any atom is 0.470 e. The van der Waals surface area contributed by atoms with Crippen molar-refractivity contribution in [1.82, 2.24) is 14.5 Å². The van der Waals surface area contributed by atoms with Crippen molar-refractivity contribution in [2.45, 2.75) is 42.5 Å². The van der Waals surface area contributed by atoms with Crippen LogP contribution in [0.3, 0.4) is 0 Å². The minimum atomic E-state index is -4.68.